The molecule has 9 nitrogen and oxygen atoms in total. The fraction of sp³-hybridized carbons (Fsp3) is 0.421. The van der Waals surface area contributed by atoms with E-state index >= 15 is 0 Å². The number of rotatable bonds is 8. The van der Waals surface area contributed by atoms with Gasteiger partial charge in [0.15, 0.2) is 22.1 Å². The number of aliphatic imine (C=N–C) groups is 1. The average molecular weight is 455 g/mol. The third-order valence-corrected chi connectivity index (χ3v) is 8.67. The van der Waals surface area contributed by atoms with E-state index in [1.54, 1.807) is 12.4 Å². The molecule has 0 spiro atoms. The van der Waals surface area contributed by atoms with Gasteiger partial charge in [-0.15, -0.1) is 0 Å². The molecule has 0 saturated carbocycles. The summed E-state index contributed by atoms with van der Waals surface area (Å²) in [4.78, 5) is 21.9. The van der Waals surface area contributed by atoms with Crippen molar-refractivity contribution in [2.45, 2.75) is 38.4 Å². The molecule has 1 unspecified atom stereocenters. The van der Waals surface area contributed by atoms with Gasteiger partial charge in [-0.2, -0.15) is 0 Å². The van der Waals surface area contributed by atoms with Crippen LogP contribution >= 0.6 is 19.1 Å². The molecule has 0 amide bonds. The molecule has 2 radical (unpaired) electrons. The summed E-state index contributed by atoms with van der Waals surface area (Å²) < 4.78 is 20.8. The zero-order valence-corrected chi connectivity index (χ0v) is 19.2. The zero-order chi connectivity index (χ0) is 22.0. The van der Waals surface area contributed by atoms with Crippen LogP contribution in [0.5, 0.6) is 0 Å². The van der Waals surface area contributed by atoms with Gasteiger partial charge in [0.1, 0.15) is 14.2 Å². The van der Waals surface area contributed by atoms with Crippen LogP contribution in [0.2, 0.25) is 0 Å². The maximum absolute atomic E-state index is 13.2. The third-order valence-electron chi connectivity index (χ3n) is 4.97. The average Bonchev–Trinajstić information content (AvgIpc) is 3.30. The first-order valence-electron chi connectivity index (χ1n) is 10.1. The Morgan fingerprint density at radius 1 is 1.29 bits per heavy atom. The van der Waals surface area contributed by atoms with E-state index in [4.69, 9.17) is 18.1 Å². The van der Waals surface area contributed by atoms with E-state index in [1.165, 1.54) is 18.1 Å². The van der Waals surface area contributed by atoms with Gasteiger partial charge < -0.3 is 14.8 Å². The molecule has 31 heavy (non-hydrogen) atoms. The quantitative estimate of drug-likeness (QED) is 0.407. The highest BCUT2D eigenvalue weighted by Gasteiger charge is 2.25. The minimum absolute atomic E-state index is 0.303. The zero-order valence-electron chi connectivity index (χ0n) is 17.5. The molecular formula is C19H23BN7O2PS. The van der Waals surface area contributed by atoms with Crippen molar-refractivity contribution >= 4 is 60.2 Å². The first-order chi connectivity index (χ1) is 14.9. The lowest BCUT2D eigenvalue weighted by atomic mass is 9.91. The molecular weight excluding hydrogens is 432 g/mol. The number of aryl methyl sites for hydroxylation is 1. The van der Waals surface area contributed by atoms with Gasteiger partial charge >= 0.3 is 0 Å². The molecule has 1 aliphatic heterocycles. The Bertz CT molecular complexity index is 1190. The van der Waals surface area contributed by atoms with Crippen molar-refractivity contribution in [3.8, 4) is 0 Å². The van der Waals surface area contributed by atoms with Gasteiger partial charge in [-0.05, 0) is 30.7 Å². The van der Waals surface area contributed by atoms with Crippen LogP contribution < -0.4 is 11.2 Å². The number of fused-ring (bicyclic) bond motifs is 2. The number of pyridine rings is 1. The van der Waals surface area contributed by atoms with Crippen molar-refractivity contribution in [3.63, 3.8) is 0 Å². The Morgan fingerprint density at radius 3 is 2.87 bits per heavy atom. The molecule has 3 aromatic heterocycles. The van der Waals surface area contributed by atoms with E-state index < -0.39 is 7.37 Å². The molecule has 12 heteroatoms. The van der Waals surface area contributed by atoms with Crippen molar-refractivity contribution in [2.75, 3.05) is 24.7 Å². The van der Waals surface area contributed by atoms with Gasteiger partial charge in [-0.3, -0.25) is 9.55 Å². The predicted octanol–water partition coefficient (Wildman–Crippen LogP) is 2.70. The van der Waals surface area contributed by atoms with Crippen LogP contribution in [-0.4, -0.2) is 56.3 Å². The Kier molecular flexibility index (Phi) is 6.45. The maximum Gasteiger partial charge on any atom is 0.204 e. The van der Waals surface area contributed by atoms with Gasteiger partial charge in [0.25, 0.3) is 0 Å². The molecule has 0 saturated heterocycles. The van der Waals surface area contributed by atoms with E-state index in [-0.39, 0.29) is 0 Å². The molecule has 3 aromatic rings. The number of thioether (sulfide) groups is 1. The summed E-state index contributed by atoms with van der Waals surface area (Å²) in [7, 11) is 3.30. The lowest BCUT2D eigenvalue weighted by Crippen LogP contribution is -2.12. The first-order valence-corrected chi connectivity index (χ1v) is 12.9. The van der Waals surface area contributed by atoms with Crippen molar-refractivity contribution in [1.29, 1.82) is 0 Å². The fourth-order valence-corrected chi connectivity index (χ4v) is 6.69. The molecule has 2 N–H and O–H groups in total. The van der Waals surface area contributed by atoms with E-state index in [9.17, 15) is 4.57 Å². The summed E-state index contributed by atoms with van der Waals surface area (Å²) >= 11 is 1.42. The van der Waals surface area contributed by atoms with Gasteiger partial charge in [0.2, 0.25) is 7.37 Å². The highest BCUT2D eigenvalue weighted by atomic mass is 32.2. The Labute approximate surface area is 186 Å². The molecule has 4 rings (SSSR count). The Balaban J connectivity index is 1.65. The number of nitrogens with two attached hydrogens (primary N) is 1. The highest BCUT2D eigenvalue weighted by Crippen LogP contribution is 2.47. The van der Waals surface area contributed by atoms with E-state index in [1.807, 2.05) is 18.4 Å². The smallest absolute Gasteiger partial charge is 0.204 e. The van der Waals surface area contributed by atoms with Gasteiger partial charge in [0.05, 0.1) is 23.5 Å². The second-order valence-corrected chi connectivity index (χ2v) is 11.0. The fourth-order valence-electron chi connectivity index (χ4n) is 3.55. The Morgan fingerprint density at radius 2 is 2.13 bits per heavy atom. The van der Waals surface area contributed by atoms with Crippen molar-refractivity contribution in [3.05, 3.63) is 24.3 Å². The van der Waals surface area contributed by atoms with Crippen LogP contribution in [0.4, 0.5) is 11.5 Å². The minimum Gasteiger partial charge on any atom is -0.382 e. The van der Waals surface area contributed by atoms with Crippen molar-refractivity contribution in [1.82, 2.24) is 24.5 Å². The van der Waals surface area contributed by atoms with Crippen LogP contribution in [-0.2, 0) is 22.1 Å². The number of anilines is 1. The van der Waals surface area contributed by atoms with Gasteiger partial charge in [0, 0.05) is 31.5 Å². The van der Waals surface area contributed by atoms with Crippen LogP contribution in [0.3, 0.4) is 0 Å². The summed E-state index contributed by atoms with van der Waals surface area (Å²) in [6.45, 7) is 4.73. The number of nitrogen functional groups attached to an aromatic ring is 1. The van der Waals surface area contributed by atoms with E-state index in [2.05, 4.69) is 24.9 Å². The monoisotopic (exact) mass is 455 g/mol. The summed E-state index contributed by atoms with van der Waals surface area (Å²) in [5.41, 5.74) is 9.52. The molecule has 0 aromatic carbocycles. The number of hydrogen-bond donors (Lipinski definition) is 1. The van der Waals surface area contributed by atoms with Crippen LogP contribution in [0.25, 0.3) is 11.2 Å². The third kappa shape index (κ3) is 4.54. The number of aromatic nitrogens is 5. The van der Waals surface area contributed by atoms with E-state index in [0.29, 0.717) is 59.5 Å². The van der Waals surface area contributed by atoms with Crippen LogP contribution in [0, 0.1) is 0 Å². The van der Waals surface area contributed by atoms with Crippen molar-refractivity contribution in [2.24, 2.45) is 4.99 Å². The van der Waals surface area contributed by atoms with Crippen LogP contribution in [0.1, 0.15) is 25.8 Å². The summed E-state index contributed by atoms with van der Waals surface area (Å²) in [5.74, 6) is 0.303. The maximum atomic E-state index is 13.2. The molecule has 1 aliphatic rings. The van der Waals surface area contributed by atoms with Gasteiger partial charge in [-0.1, -0.05) is 12.4 Å². The second-order valence-electron chi connectivity index (χ2n) is 7.17. The highest BCUT2D eigenvalue weighted by molar-refractivity contribution is 8.13. The van der Waals surface area contributed by atoms with Gasteiger partial charge in [-0.25, -0.2) is 19.9 Å². The Hall–Kier alpha value is -2.23. The van der Waals surface area contributed by atoms with Crippen LogP contribution in [0.15, 0.2) is 28.9 Å². The number of nitrogens with zero attached hydrogens (tertiary/aromatic N) is 6. The molecule has 0 fully saturated rings. The van der Waals surface area contributed by atoms with E-state index in [0.717, 1.165) is 22.7 Å². The molecule has 0 bridgehead atoms. The van der Waals surface area contributed by atoms with Crippen molar-refractivity contribution < 1.29 is 9.09 Å². The minimum atomic E-state index is -2.75. The summed E-state index contributed by atoms with van der Waals surface area (Å²) in [5, 5.41) is 1.51. The number of hydrogen-bond acceptors (Lipinski definition) is 9. The number of imidazole rings is 1. The summed E-state index contributed by atoms with van der Waals surface area (Å²) in [6, 6.07) is 0. The predicted molar refractivity (Wildman–Crippen MR) is 125 cm³/mol. The molecule has 160 valence electrons. The topological polar surface area (TPSA) is 121 Å². The lowest BCUT2D eigenvalue weighted by molar-refractivity contribution is 0.331. The normalized spacial score (nSPS) is 15.1. The molecule has 4 heterocycles. The largest absolute Gasteiger partial charge is 0.382 e. The first kappa shape index (κ1) is 22.0. The SMILES string of the molecule is [B]c1cncc2c1CC(Sc1nc3c(N)ncnc3n1CCP(=O)(CCC)OCC)=N2. The summed E-state index contributed by atoms with van der Waals surface area (Å²) in [6.07, 6.45) is 7.08. The molecule has 1 atom stereocenters. The second kappa shape index (κ2) is 9.10. The standard InChI is InChI=1S/C19H23BN7O2PS/c1-3-6-30(28,29-4-2)7-5-27-18-16(17(21)23-11-24-18)26-19(27)31-15-8-12-13(20)9-22-10-14(12)25-15/h9-11H,3-8H2,1-2H3,(H2,21,23,24). The molecule has 0 aliphatic carbocycles. The lowest BCUT2D eigenvalue weighted by Gasteiger charge is -2.18.